The minimum atomic E-state index is -3.75. The van der Waals surface area contributed by atoms with E-state index in [1.165, 1.54) is 18.2 Å². The van der Waals surface area contributed by atoms with Crippen LogP contribution in [0.5, 0.6) is 0 Å². The average Bonchev–Trinajstić information content (AvgIpc) is 2.83. The van der Waals surface area contributed by atoms with Gasteiger partial charge in [-0.25, -0.2) is 17.9 Å². The van der Waals surface area contributed by atoms with E-state index in [1.807, 2.05) is 0 Å². The molecule has 0 aliphatic rings. The van der Waals surface area contributed by atoms with Gasteiger partial charge in [0.05, 0.1) is 11.5 Å². The number of furan rings is 1. The van der Waals surface area contributed by atoms with Crippen LogP contribution in [0.3, 0.4) is 0 Å². The fourth-order valence-electron chi connectivity index (χ4n) is 2.22. The van der Waals surface area contributed by atoms with Crippen molar-refractivity contribution in [3.8, 4) is 0 Å². The number of fused-ring (bicyclic) bond motifs is 1. The van der Waals surface area contributed by atoms with Crippen molar-refractivity contribution >= 4 is 39.4 Å². The van der Waals surface area contributed by atoms with Crippen molar-refractivity contribution in [1.82, 2.24) is 4.72 Å². The number of nitrogens with one attached hydrogen (secondary N) is 1. The first-order valence-electron chi connectivity index (χ1n) is 7.55. The number of carbonyl (C=O) groups excluding carboxylic acids is 1. The number of nitrogens with two attached hydrogens (primary N) is 1. The number of sulfonamides is 1. The second kappa shape index (κ2) is 7.74. The summed E-state index contributed by atoms with van der Waals surface area (Å²) >= 11 is 0. The van der Waals surface area contributed by atoms with Gasteiger partial charge in [-0.1, -0.05) is 0 Å². The molecule has 1 aromatic heterocycles. The van der Waals surface area contributed by atoms with Crippen LogP contribution in [0.1, 0.15) is 36.9 Å². The van der Waals surface area contributed by atoms with E-state index in [0.29, 0.717) is 16.5 Å². The van der Waals surface area contributed by atoms with E-state index < -0.39 is 21.5 Å². The SMILES string of the molecule is CCOC(=O)c1oc2ccc(S(=O)(=O)NC(C)(C)CN)cc2c1C.Cl. The molecule has 0 aliphatic heterocycles. The number of esters is 1. The third-order valence-corrected chi connectivity index (χ3v) is 5.30. The summed E-state index contributed by atoms with van der Waals surface area (Å²) in [6, 6.07) is 4.43. The van der Waals surface area contributed by atoms with Gasteiger partial charge in [-0.05, 0) is 45.9 Å². The van der Waals surface area contributed by atoms with Crippen molar-refractivity contribution in [2.75, 3.05) is 13.2 Å². The van der Waals surface area contributed by atoms with Crippen LogP contribution in [0.15, 0.2) is 27.5 Å². The highest BCUT2D eigenvalue weighted by Gasteiger charge is 2.26. The summed E-state index contributed by atoms with van der Waals surface area (Å²) in [5, 5.41) is 0.548. The standard InChI is InChI=1S/C16H22N2O5S.ClH/c1-5-22-15(19)14-10(2)12-8-11(6-7-13(12)23-14)24(20,21)18-16(3,4)9-17;/h6-8,18H,5,9,17H2,1-4H3;1H. The highest BCUT2D eigenvalue weighted by molar-refractivity contribution is 7.89. The Hall–Kier alpha value is -1.61. The van der Waals surface area contributed by atoms with Gasteiger partial charge in [0, 0.05) is 23.0 Å². The zero-order chi connectivity index (χ0) is 18.1. The Kier molecular flexibility index (Phi) is 6.63. The monoisotopic (exact) mass is 390 g/mol. The molecule has 3 N–H and O–H groups in total. The van der Waals surface area contributed by atoms with Crippen molar-refractivity contribution in [1.29, 1.82) is 0 Å². The van der Waals surface area contributed by atoms with Crippen LogP contribution in [-0.4, -0.2) is 33.1 Å². The van der Waals surface area contributed by atoms with Crippen LogP contribution >= 0.6 is 12.4 Å². The predicted octanol–water partition coefficient (Wildman–Crippen LogP) is 2.36. The molecule has 0 aliphatic carbocycles. The molecular weight excluding hydrogens is 368 g/mol. The fraction of sp³-hybridized carbons (Fsp3) is 0.438. The molecule has 2 aromatic rings. The van der Waals surface area contributed by atoms with E-state index in [1.54, 1.807) is 27.7 Å². The summed E-state index contributed by atoms with van der Waals surface area (Å²) in [5.41, 5.74) is 5.77. The Bertz CT molecular complexity index is 874. The molecule has 140 valence electrons. The van der Waals surface area contributed by atoms with Crippen LogP contribution in [0.4, 0.5) is 0 Å². The van der Waals surface area contributed by atoms with Gasteiger partial charge in [-0.3, -0.25) is 0 Å². The summed E-state index contributed by atoms with van der Waals surface area (Å²) < 4.78 is 38.0. The molecule has 25 heavy (non-hydrogen) atoms. The third kappa shape index (κ3) is 4.52. The molecule has 0 atom stereocenters. The van der Waals surface area contributed by atoms with Gasteiger partial charge in [0.1, 0.15) is 5.58 Å². The topological polar surface area (TPSA) is 112 Å². The van der Waals surface area contributed by atoms with E-state index in [0.717, 1.165) is 0 Å². The lowest BCUT2D eigenvalue weighted by Gasteiger charge is -2.23. The Labute approximate surface area is 153 Å². The summed E-state index contributed by atoms with van der Waals surface area (Å²) in [6.07, 6.45) is 0. The van der Waals surface area contributed by atoms with E-state index in [9.17, 15) is 13.2 Å². The van der Waals surface area contributed by atoms with E-state index in [2.05, 4.69) is 4.72 Å². The van der Waals surface area contributed by atoms with Gasteiger partial charge in [-0.2, -0.15) is 0 Å². The molecule has 2 rings (SSSR count). The number of hydrogen-bond acceptors (Lipinski definition) is 6. The number of ether oxygens (including phenoxy) is 1. The molecule has 1 aromatic carbocycles. The van der Waals surface area contributed by atoms with Gasteiger partial charge in [0.15, 0.2) is 0 Å². The molecule has 0 saturated carbocycles. The molecule has 0 bridgehead atoms. The molecule has 0 radical (unpaired) electrons. The van der Waals surface area contributed by atoms with Gasteiger partial charge >= 0.3 is 5.97 Å². The van der Waals surface area contributed by atoms with Crippen LogP contribution in [0, 0.1) is 6.92 Å². The highest BCUT2D eigenvalue weighted by Crippen LogP contribution is 2.28. The van der Waals surface area contributed by atoms with Crippen LogP contribution in [-0.2, 0) is 14.8 Å². The number of rotatable bonds is 6. The number of halogens is 1. The molecule has 0 unspecified atom stereocenters. The molecule has 7 nitrogen and oxygen atoms in total. The highest BCUT2D eigenvalue weighted by atomic mass is 35.5. The quantitative estimate of drug-likeness (QED) is 0.732. The first kappa shape index (κ1) is 21.4. The second-order valence-corrected chi connectivity index (χ2v) is 7.81. The fourth-order valence-corrected chi connectivity index (χ4v) is 3.67. The Balaban J connectivity index is 0.00000312. The van der Waals surface area contributed by atoms with Gasteiger partial charge in [0.2, 0.25) is 15.8 Å². The summed E-state index contributed by atoms with van der Waals surface area (Å²) in [7, 11) is -3.75. The van der Waals surface area contributed by atoms with E-state index in [4.69, 9.17) is 14.9 Å². The van der Waals surface area contributed by atoms with Crippen molar-refractivity contribution in [3.05, 3.63) is 29.5 Å². The smallest absolute Gasteiger partial charge is 0.374 e. The normalized spacial score (nSPS) is 12.0. The molecule has 0 spiro atoms. The zero-order valence-electron chi connectivity index (χ0n) is 14.6. The number of aryl methyl sites for hydroxylation is 1. The molecular formula is C16H23ClN2O5S. The number of hydrogen-bond donors (Lipinski definition) is 2. The molecule has 0 fully saturated rings. The van der Waals surface area contributed by atoms with Crippen molar-refractivity contribution in [2.24, 2.45) is 5.73 Å². The summed E-state index contributed by atoms with van der Waals surface area (Å²) in [5.74, 6) is -0.491. The zero-order valence-corrected chi connectivity index (χ0v) is 16.2. The van der Waals surface area contributed by atoms with Crippen LogP contribution < -0.4 is 10.5 Å². The predicted molar refractivity (Wildman–Crippen MR) is 97.6 cm³/mol. The first-order valence-corrected chi connectivity index (χ1v) is 9.04. The number of benzene rings is 1. The number of carbonyl (C=O) groups is 1. The van der Waals surface area contributed by atoms with Crippen LogP contribution in [0.2, 0.25) is 0 Å². The lowest BCUT2D eigenvalue weighted by molar-refractivity contribution is 0.0491. The maximum Gasteiger partial charge on any atom is 0.374 e. The molecule has 0 amide bonds. The average molecular weight is 391 g/mol. The molecule has 0 saturated heterocycles. The van der Waals surface area contributed by atoms with Crippen molar-refractivity contribution < 1.29 is 22.4 Å². The summed E-state index contributed by atoms with van der Waals surface area (Å²) in [4.78, 5) is 12.0. The summed E-state index contributed by atoms with van der Waals surface area (Å²) in [6.45, 7) is 7.17. The minimum absolute atomic E-state index is 0. The Morgan fingerprint density at radius 3 is 2.56 bits per heavy atom. The lowest BCUT2D eigenvalue weighted by atomic mass is 10.1. The molecule has 9 heteroatoms. The van der Waals surface area contributed by atoms with Gasteiger partial charge < -0.3 is 14.9 Å². The van der Waals surface area contributed by atoms with E-state index in [-0.39, 0.29) is 36.2 Å². The van der Waals surface area contributed by atoms with Crippen LogP contribution in [0.25, 0.3) is 11.0 Å². The maximum absolute atomic E-state index is 12.5. The first-order chi connectivity index (χ1) is 11.1. The van der Waals surface area contributed by atoms with Gasteiger partial charge in [-0.15, -0.1) is 12.4 Å². The molecule has 1 heterocycles. The van der Waals surface area contributed by atoms with Gasteiger partial charge in [0.25, 0.3) is 0 Å². The minimum Gasteiger partial charge on any atom is -0.460 e. The van der Waals surface area contributed by atoms with Crippen molar-refractivity contribution in [2.45, 2.75) is 38.1 Å². The second-order valence-electron chi connectivity index (χ2n) is 6.13. The largest absolute Gasteiger partial charge is 0.460 e. The lowest BCUT2D eigenvalue weighted by Crippen LogP contribution is -2.48. The van der Waals surface area contributed by atoms with Crippen molar-refractivity contribution in [3.63, 3.8) is 0 Å². The Morgan fingerprint density at radius 1 is 1.36 bits per heavy atom. The van der Waals surface area contributed by atoms with E-state index >= 15 is 0 Å². The maximum atomic E-state index is 12.5. The third-order valence-electron chi connectivity index (χ3n) is 3.60. The Morgan fingerprint density at radius 2 is 2.00 bits per heavy atom.